The number of benzene rings is 2. The Morgan fingerprint density at radius 1 is 1.04 bits per heavy atom. The SMILES string of the molecule is CC1CC2(CCCCC2)C(Cc2ccccc2)(c2ccc(N)cc2)C1C(=O)O. The Hall–Kier alpha value is -2.29. The van der Waals surface area contributed by atoms with E-state index in [0.717, 1.165) is 36.9 Å². The first-order chi connectivity index (χ1) is 13.5. The normalized spacial score (nSPS) is 29.0. The van der Waals surface area contributed by atoms with Crippen LogP contribution in [0.4, 0.5) is 5.69 Å². The molecule has 0 bridgehead atoms. The largest absolute Gasteiger partial charge is 0.481 e. The van der Waals surface area contributed by atoms with Crippen molar-refractivity contribution >= 4 is 11.7 Å². The van der Waals surface area contributed by atoms with Gasteiger partial charge in [-0.3, -0.25) is 4.79 Å². The highest BCUT2D eigenvalue weighted by molar-refractivity contribution is 5.74. The third kappa shape index (κ3) is 2.92. The Balaban J connectivity index is 1.95. The lowest BCUT2D eigenvalue weighted by molar-refractivity contribution is -0.146. The number of carbonyl (C=O) groups is 1. The minimum Gasteiger partial charge on any atom is -0.481 e. The lowest BCUT2D eigenvalue weighted by atomic mass is 9.52. The van der Waals surface area contributed by atoms with Crippen molar-refractivity contribution in [2.45, 2.75) is 57.3 Å². The number of carboxylic acid groups (broad SMARTS) is 1. The molecule has 2 aromatic carbocycles. The molecule has 148 valence electrons. The summed E-state index contributed by atoms with van der Waals surface area (Å²) in [6.07, 6.45) is 7.68. The molecule has 2 aliphatic rings. The van der Waals surface area contributed by atoms with Gasteiger partial charge in [0.2, 0.25) is 0 Å². The Labute approximate surface area is 168 Å². The summed E-state index contributed by atoms with van der Waals surface area (Å²) in [6.45, 7) is 2.15. The molecule has 3 atom stereocenters. The first-order valence-electron chi connectivity index (χ1n) is 10.6. The summed E-state index contributed by atoms with van der Waals surface area (Å²) in [7, 11) is 0. The molecule has 2 aliphatic carbocycles. The van der Waals surface area contributed by atoms with Crippen LogP contribution in [0, 0.1) is 17.3 Å². The monoisotopic (exact) mass is 377 g/mol. The second-order valence-corrected chi connectivity index (χ2v) is 9.09. The number of carboxylic acids is 1. The molecule has 0 saturated heterocycles. The van der Waals surface area contributed by atoms with Crippen molar-refractivity contribution in [2.24, 2.45) is 17.3 Å². The number of aliphatic carboxylic acids is 1. The van der Waals surface area contributed by atoms with Crippen LogP contribution in [0.3, 0.4) is 0 Å². The maximum atomic E-state index is 12.7. The van der Waals surface area contributed by atoms with Gasteiger partial charge in [0.05, 0.1) is 5.92 Å². The van der Waals surface area contributed by atoms with Crippen LogP contribution in [0.5, 0.6) is 0 Å². The van der Waals surface area contributed by atoms with Gasteiger partial charge in [0.25, 0.3) is 0 Å². The van der Waals surface area contributed by atoms with Gasteiger partial charge < -0.3 is 10.8 Å². The molecule has 0 radical (unpaired) electrons. The van der Waals surface area contributed by atoms with Crippen molar-refractivity contribution in [3.8, 4) is 0 Å². The fourth-order valence-corrected chi connectivity index (χ4v) is 6.65. The van der Waals surface area contributed by atoms with Crippen LogP contribution in [0.1, 0.15) is 56.6 Å². The highest BCUT2D eigenvalue weighted by atomic mass is 16.4. The molecule has 2 aromatic rings. The predicted molar refractivity (Wildman–Crippen MR) is 113 cm³/mol. The molecule has 4 rings (SSSR count). The summed E-state index contributed by atoms with van der Waals surface area (Å²) in [6, 6.07) is 18.5. The van der Waals surface area contributed by atoms with Crippen LogP contribution in [0.2, 0.25) is 0 Å². The molecule has 1 spiro atoms. The molecule has 3 unspecified atom stereocenters. The van der Waals surface area contributed by atoms with Crippen molar-refractivity contribution in [1.29, 1.82) is 0 Å². The minimum atomic E-state index is -0.650. The van der Waals surface area contributed by atoms with E-state index in [9.17, 15) is 9.90 Å². The summed E-state index contributed by atoms with van der Waals surface area (Å²) in [5.74, 6) is -0.867. The van der Waals surface area contributed by atoms with E-state index in [-0.39, 0.29) is 17.3 Å². The molecular formula is C25H31NO2. The van der Waals surface area contributed by atoms with Gasteiger partial charge in [-0.25, -0.2) is 0 Å². The standard InChI is InChI=1S/C25H31NO2/c1-18-16-24(14-6-3-7-15-24)25(22(18)23(27)28,17-19-8-4-2-5-9-19)20-10-12-21(26)13-11-20/h2,4-5,8-13,18,22H,3,6-7,14-17,26H2,1H3,(H,27,28). The van der Waals surface area contributed by atoms with Gasteiger partial charge in [0, 0.05) is 11.1 Å². The summed E-state index contributed by atoms with van der Waals surface area (Å²) in [5.41, 5.74) is 8.76. The molecule has 28 heavy (non-hydrogen) atoms. The van der Waals surface area contributed by atoms with E-state index in [1.165, 1.54) is 24.8 Å². The molecule has 3 N–H and O–H groups in total. The van der Waals surface area contributed by atoms with Crippen molar-refractivity contribution in [3.63, 3.8) is 0 Å². The van der Waals surface area contributed by atoms with E-state index >= 15 is 0 Å². The summed E-state index contributed by atoms with van der Waals surface area (Å²) in [5, 5.41) is 10.4. The summed E-state index contributed by atoms with van der Waals surface area (Å²) >= 11 is 0. The average Bonchev–Trinajstić information content (AvgIpc) is 2.91. The van der Waals surface area contributed by atoms with Gasteiger partial charge in [-0.05, 0) is 60.3 Å². The lowest BCUT2D eigenvalue weighted by Gasteiger charge is -2.51. The zero-order chi connectivity index (χ0) is 19.8. The maximum Gasteiger partial charge on any atom is 0.307 e. The van der Waals surface area contributed by atoms with Crippen molar-refractivity contribution in [3.05, 3.63) is 65.7 Å². The molecule has 0 aliphatic heterocycles. The van der Waals surface area contributed by atoms with E-state index in [0.29, 0.717) is 0 Å². The topological polar surface area (TPSA) is 63.3 Å². The predicted octanol–water partition coefficient (Wildman–Crippen LogP) is 5.44. The van der Waals surface area contributed by atoms with Gasteiger partial charge in [-0.1, -0.05) is 68.7 Å². The van der Waals surface area contributed by atoms with Crippen LogP contribution in [0.25, 0.3) is 0 Å². The van der Waals surface area contributed by atoms with Crippen LogP contribution < -0.4 is 5.73 Å². The van der Waals surface area contributed by atoms with Crippen LogP contribution in [-0.2, 0) is 16.6 Å². The number of nitrogens with two attached hydrogens (primary N) is 1. The van der Waals surface area contributed by atoms with Crippen LogP contribution in [0.15, 0.2) is 54.6 Å². The molecule has 3 heteroatoms. The molecule has 0 heterocycles. The molecule has 0 amide bonds. The fraction of sp³-hybridized carbons (Fsp3) is 0.480. The third-order valence-corrected chi connectivity index (χ3v) is 7.59. The first kappa shape index (κ1) is 19.0. The van der Waals surface area contributed by atoms with E-state index < -0.39 is 11.4 Å². The van der Waals surface area contributed by atoms with E-state index in [4.69, 9.17) is 5.73 Å². The highest BCUT2D eigenvalue weighted by Crippen LogP contribution is 2.66. The van der Waals surface area contributed by atoms with Gasteiger partial charge in [-0.15, -0.1) is 0 Å². The lowest BCUT2D eigenvalue weighted by Crippen LogP contribution is -2.51. The molecule has 2 fully saturated rings. The minimum absolute atomic E-state index is 0.0413. The first-order valence-corrected chi connectivity index (χ1v) is 10.6. The number of hydrogen-bond acceptors (Lipinski definition) is 2. The Morgan fingerprint density at radius 2 is 1.68 bits per heavy atom. The van der Waals surface area contributed by atoms with Crippen LogP contribution in [-0.4, -0.2) is 11.1 Å². The van der Waals surface area contributed by atoms with E-state index in [1.807, 2.05) is 18.2 Å². The highest BCUT2D eigenvalue weighted by Gasteiger charge is 2.65. The van der Waals surface area contributed by atoms with Crippen molar-refractivity contribution < 1.29 is 9.90 Å². The molecular weight excluding hydrogens is 346 g/mol. The zero-order valence-corrected chi connectivity index (χ0v) is 16.7. The maximum absolute atomic E-state index is 12.7. The summed E-state index contributed by atoms with van der Waals surface area (Å²) in [4.78, 5) is 12.7. The van der Waals surface area contributed by atoms with Gasteiger partial charge in [0.15, 0.2) is 0 Å². The zero-order valence-electron chi connectivity index (χ0n) is 16.7. The van der Waals surface area contributed by atoms with E-state index in [1.54, 1.807) is 0 Å². The average molecular weight is 378 g/mol. The van der Waals surface area contributed by atoms with Crippen molar-refractivity contribution in [2.75, 3.05) is 5.73 Å². The molecule has 2 saturated carbocycles. The summed E-state index contributed by atoms with van der Waals surface area (Å²) < 4.78 is 0. The van der Waals surface area contributed by atoms with Gasteiger partial charge in [-0.2, -0.15) is 0 Å². The van der Waals surface area contributed by atoms with Crippen molar-refractivity contribution in [1.82, 2.24) is 0 Å². The smallest absolute Gasteiger partial charge is 0.307 e. The number of nitrogen functional groups attached to an aromatic ring is 1. The number of anilines is 1. The molecule has 3 nitrogen and oxygen atoms in total. The van der Waals surface area contributed by atoms with Gasteiger partial charge in [0.1, 0.15) is 0 Å². The fourth-order valence-electron chi connectivity index (χ4n) is 6.65. The number of rotatable bonds is 4. The Bertz CT molecular complexity index is 823. The molecule has 0 aromatic heterocycles. The third-order valence-electron chi connectivity index (χ3n) is 7.59. The second kappa shape index (κ2) is 7.27. The second-order valence-electron chi connectivity index (χ2n) is 9.09. The quantitative estimate of drug-likeness (QED) is 0.697. The van der Waals surface area contributed by atoms with Crippen LogP contribution >= 0.6 is 0 Å². The Morgan fingerprint density at radius 3 is 2.29 bits per heavy atom. The van der Waals surface area contributed by atoms with E-state index in [2.05, 4.69) is 43.3 Å². The number of hydrogen-bond donors (Lipinski definition) is 2. The van der Waals surface area contributed by atoms with Gasteiger partial charge >= 0.3 is 5.97 Å². The Kier molecular flexibility index (Phi) is 4.95.